The van der Waals surface area contributed by atoms with Crippen LogP contribution in [0.25, 0.3) is 0 Å². The largest absolute Gasteiger partial charge is 0.489 e. The third-order valence-corrected chi connectivity index (χ3v) is 3.75. The van der Waals surface area contributed by atoms with Gasteiger partial charge < -0.3 is 15.4 Å². The monoisotopic (exact) mass is 355 g/mol. The van der Waals surface area contributed by atoms with Crippen LogP contribution in [0.1, 0.15) is 54.8 Å². The Kier molecular flexibility index (Phi) is 6.72. The molecule has 0 radical (unpaired) electrons. The Morgan fingerprint density at radius 1 is 1.08 bits per heavy atom. The fourth-order valence-corrected chi connectivity index (χ4v) is 2.22. The Morgan fingerprint density at radius 2 is 1.73 bits per heavy atom. The predicted molar refractivity (Wildman–Crippen MR) is 102 cm³/mol. The molecule has 2 N–H and O–H groups in total. The second-order valence-electron chi connectivity index (χ2n) is 6.36. The van der Waals surface area contributed by atoms with Crippen molar-refractivity contribution >= 4 is 17.5 Å². The summed E-state index contributed by atoms with van der Waals surface area (Å²) in [6, 6.07) is 8.81. The molecule has 0 aliphatic heterocycles. The molecular weight excluding hydrogens is 330 g/mol. The summed E-state index contributed by atoms with van der Waals surface area (Å²) in [6.45, 7) is 7.75. The van der Waals surface area contributed by atoms with Crippen molar-refractivity contribution in [2.45, 2.75) is 46.3 Å². The lowest BCUT2D eigenvalue weighted by atomic mass is 10.1. The number of nitrogens with one attached hydrogen (secondary N) is 2. The van der Waals surface area contributed by atoms with E-state index in [2.05, 4.69) is 15.6 Å². The molecule has 1 aromatic carbocycles. The number of ether oxygens (including phenoxy) is 1. The van der Waals surface area contributed by atoms with Crippen molar-refractivity contribution in [2.24, 2.45) is 0 Å². The standard InChI is InChI=1S/C20H25N3O3/c1-5-14(4)22-19(24)15-10-16(12-21-11-15)20(25)23-17-8-6-7-9-18(17)26-13(2)3/h6-14H,5H2,1-4H3,(H,22,24)(H,23,25). The van der Waals surface area contributed by atoms with E-state index in [9.17, 15) is 9.59 Å². The number of pyridine rings is 1. The first-order valence-corrected chi connectivity index (χ1v) is 8.73. The zero-order chi connectivity index (χ0) is 19.1. The highest BCUT2D eigenvalue weighted by atomic mass is 16.5. The van der Waals surface area contributed by atoms with Crippen molar-refractivity contribution in [3.63, 3.8) is 0 Å². The van der Waals surface area contributed by atoms with Crippen LogP contribution in [0.3, 0.4) is 0 Å². The molecule has 0 aliphatic rings. The van der Waals surface area contributed by atoms with E-state index in [1.807, 2.05) is 39.8 Å². The number of nitrogens with zero attached hydrogens (tertiary/aromatic N) is 1. The van der Waals surface area contributed by atoms with Gasteiger partial charge in [0.15, 0.2) is 0 Å². The van der Waals surface area contributed by atoms with Crippen molar-refractivity contribution in [2.75, 3.05) is 5.32 Å². The van der Waals surface area contributed by atoms with E-state index in [0.29, 0.717) is 22.6 Å². The third kappa shape index (κ3) is 5.31. The molecular formula is C20H25N3O3. The first-order chi connectivity index (χ1) is 12.4. The maximum atomic E-state index is 12.6. The van der Waals surface area contributed by atoms with Crippen LogP contribution < -0.4 is 15.4 Å². The first-order valence-electron chi connectivity index (χ1n) is 8.73. The summed E-state index contributed by atoms with van der Waals surface area (Å²) < 4.78 is 5.71. The Bertz CT molecular complexity index is 774. The summed E-state index contributed by atoms with van der Waals surface area (Å²) in [6.07, 6.45) is 3.69. The van der Waals surface area contributed by atoms with Gasteiger partial charge in [-0.2, -0.15) is 0 Å². The summed E-state index contributed by atoms with van der Waals surface area (Å²) in [7, 11) is 0. The Morgan fingerprint density at radius 3 is 2.38 bits per heavy atom. The van der Waals surface area contributed by atoms with Gasteiger partial charge in [0, 0.05) is 18.4 Å². The number of anilines is 1. The first kappa shape index (κ1) is 19.4. The summed E-state index contributed by atoms with van der Waals surface area (Å²) in [5.41, 5.74) is 1.23. The van der Waals surface area contributed by atoms with E-state index in [0.717, 1.165) is 6.42 Å². The summed E-state index contributed by atoms with van der Waals surface area (Å²) in [5.74, 6) is -0.00462. The molecule has 1 heterocycles. The highest BCUT2D eigenvalue weighted by Crippen LogP contribution is 2.25. The third-order valence-electron chi connectivity index (χ3n) is 3.75. The van der Waals surface area contributed by atoms with Gasteiger partial charge >= 0.3 is 0 Å². The number of benzene rings is 1. The number of carbonyl (C=O) groups is 2. The molecule has 0 saturated carbocycles. The molecule has 0 spiro atoms. The number of hydrogen-bond donors (Lipinski definition) is 2. The van der Waals surface area contributed by atoms with Crippen LogP contribution in [0.15, 0.2) is 42.7 Å². The molecule has 0 aliphatic carbocycles. The van der Waals surface area contributed by atoms with Gasteiger partial charge in [-0.3, -0.25) is 14.6 Å². The highest BCUT2D eigenvalue weighted by molar-refractivity contribution is 6.06. The van der Waals surface area contributed by atoms with Crippen LogP contribution in [-0.2, 0) is 0 Å². The minimum absolute atomic E-state index is 0.0118. The molecule has 0 fully saturated rings. The van der Waals surface area contributed by atoms with Crippen molar-refractivity contribution in [1.29, 1.82) is 0 Å². The Balaban J connectivity index is 2.16. The number of carbonyl (C=O) groups excluding carboxylic acids is 2. The number of amides is 2. The fourth-order valence-electron chi connectivity index (χ4n) is 2.22. The lowest BCUT2D eigenvalue weighted by molar-refractivity contribution is 0.0939. The molecule has 2 aromatic rings. The molecule has 6 nitrogen and oxygen atoms in total. The van der Waals surface area contributed by atoms with Crippen LogP contribution in [0.4, 0.5) is 5.69 Å². The van der Waals surface area contributed by atoms with E-state index in [1.165, 1.54) is 18.5 Å². The molecule has 138 valence electrons. The van der Waals surface area contributed by atoms with Crippen molar-refractivity contribution in [1.82, 2.24) is 10.3 Å². The van der Waals surface area contributed by atoms with Gasteiger partial charge in [-0.25, -0.2) is 0 Å². The molecule has 1 unspecified atom stereocenters. The molecule has 0 bridgehead atoms. The van der Waals surface area contributed by atoms with E-state index in [-0.39, 0.29) is 24.0 Å². The number of aromatic nitrogens is 1. The van der Waals surface area contributed by atoms with Gasteiger partial charge in [0.05, 0.1) is 22.9 Å². The van der Waals surface area contributed by atoms with Gasteiger partial charge in [0.25, 0.3) is 11.8 Å². The maximum Gasteiger partial charge on any atom is 0.257 e. The lowest BCUT2D eigenvalue weighted by Crippen LogP contribution is -2.32. The van der Waals surface area contributed by atoms with Gasteiger partial charge in [-0.1, -0.05) is 19.1 Å². The molecule has 2 rings (SSSR count). The Labute approximate surface area is 154 Å². The Hall–Kier alpha value is -2.89. The number of para-hydroxylation sites is 2. The van der Waals surface area contributed by atoms with Crippen LogP contribution in [0.5, 0.6) is 5.75 Å². The molecule has 1 aromatic heterocycles. The van der Waals surface area contributed by atoms with E-state index >= 15 is 0 Å². The lowest BCUT2D eigenvalue weighted by Gasteiger charge is -2.15. The zero-order valence-corrected chi connectivity index (χ0v) is 15.6. The van der Waals surface area contributed by atoms with Crippen LogP contribution in [0, 0.1) is 0 Å². The van der Waals surface area contributed by atoms with Crippen molar-refractivity contribution in [3.8, 4) is 5.75 Å². The molecule has 6 heteroatoms. The minimum atomic E-state index is -0.351. The average Bonchev–Trinajstić information content (AvgIpc) is 2.62. The van der Waals surface area contributed by atoms with Crippen molar-refractivity contribution in [3.05, 3.63) is 53.9 Å². The SMILES string of the molecule is CCC(C)NC(=O)c1cncc(C(=O)Nc2ccccc2OC(C)C)c1. The highest BCUT2D eigenvalue weighted by Gasteiger charge is 2.14. The maximum absolute atomic E-state index is 12.6. The fraction of sp³-hybridized carbons (Fsp3) is 0.350. The van der Waals surface area contributed by atoms with Crippen LogP contribution in [-0.4, -0.2) is 28.9 Å². The van der Waals surface area contributed by atoms with Gasteiger partial charge in [0.1, 0.15) is 5.75 Å². The molecule has 0 saturated heterocycles. The minimum Gasteiger partial charge on any atom is -0.489 e. The molecule has 1 atom stereocenters. The quantitative estimate of drug-likeness (QED) is 0.794. The second-order valence-corrected chi connectivity index (χ2v) is 6.36. The predicted octanol–water partition coefficient (Wildman–Crippen LogP) is 3.65. The zero-order valence-electron chi connectivity index (χ0n) is 15.6. The van der Waals surface area contributed by atoms with E-state index in [4.69, 9.17) is 4.74 Å². The van der Waals surface area contributed by atoms with E-state index in [1.54, 1.807) is 12.1 Å². The van der Waals surface area contributed by atoms with Crippen LogP contribution >= 0.6 is 0 Å². The average molecular weight is 355 g/mol. The second kappa shape index (κ2) is 8.99. The van der Waals surface area contributed by atoms with Crippen molar-refractivity contribution < 1.29 is 14.3 Å². The molecule has 2 amide bonds. The topological polar surface area (TPSA) is 80.3 Å². The summed E-state index contributed by atoms with van der Waals surface area (Å²) in [4.78, 5) is 28.8. The smallest absolute Gasteiger partial charge is 0.257 e. The van der Waals surface area contributed by atoms with E-state index < -0.39 is 0 Å². The summed E-state index contributed by atoms with van der Waals surface area (Å²) >= 11 is 0. The van der Waals surface area contributed by atoms with Gasteiger partial charge in [0.2, 0.25) is 0 Å². The molecule has 26 heavy (non-hydrogen) atoms. The van der Waals surface area contributed by atoms with Crippen LogP contribution in [0.2, 0.25) is 0 Å². The number of hydrogen-bond acceptors (Lipinski definition) is 4. The summed E-state index contributed by atoms with van der Waals surface area (Å²) in [5, 5.41) is 5.68. The van der Waals surface area contributed by atoms with Gasteiger partial charge in [-0.15, -0.1) is 0 Å². The number of rotatable bonds is 7. The van der Waals surface area contributed by atoms with Gasteiger partial charge in [-0.05, 0) is 45.4 Å². The normalized spacial score (nSPS) is 11.7.